The Labute approximate surface area is 186 Å². The third-order valence-electron chi connectivity index (χ3n) is 4.67. The van der Waals surface area contributed by atoms with E-state index in [-0.39, 0.29) is 35.8 Å². The maximum atomic E-state index is 12.0. The predicted octanol–water partition coefficient (Wildman–Crippen LogP) is 1.58. The second-order valence-electron chi connectivity index (χ2n) is 6.78. The van der Waals surface area contributed by atoms with Crippen LogP contribution in [0.2, 0.25) is 0 Å². The molecule has 0 aliphatic carbocycles. The minimum absolute atomic E-state index is 0. The number of aliphatic hydroxyl groups excluding tert-OH is 1. The first kappa shape index (κ1) is 25.1. The molecular weight excluding hydrogens is 491 g/mol. The highest BCUT2D eigenvalue weighted by molar-refractivity contribution is 14.0. The van der Waals surface area contributed by atoms with Crippen molar-refractivity contribution in [3.8, 4) is 0 Å². The molecule has 0 spiro atoms. The zero-order valence-electron chi connectivity index (χ0n) is 16.7. The number of aliphatic hydroxyl groups is 1. The first-order valence-electron chi connectivity index (χ1n) is 9.69. The number of hydrogen-bond acceptors (Lipinski definition) is 4. The van der Waals surface area contributed by atoms with Gasteiger partial charge in [0.15, 0.2) is 5.96 Å². The maximum absolute atomic E-state index is 12.0. The first-order valence-corrected chi connectivity index (χ1v) is 11.3. The Hall–Kier alpha value is -0.910. The lowest BCUT2D eigenvalue weighted by Crippen LogP contribution is -2.50. The highest BCUT2D eigenvalue weighted by Gasteiger charge is 2.27. The molecule has 1 saturated heterocycles. The number of aliphatic imine (C=N–C) groups is 1. The summed E-state index contributed by atoms with van der Waals surface area (Å²) in [7, 11) is -3.11. The molecule has 0 saturated carbocycles. The molecule has 0 amide bonds. The molecule has 1 atom stereocenters. The third kappa shape index (κ3) is 8.22. The van der Waals surface area contributed by atoms with Crippen molar-refractivity contribution in [2.75, 3.05) is 31.9 Å². The van der Waals surface area contributed by atoms with Gasteiger partial charge < -0.3 is 15.7 Å². The molecule has 160 valence electrons. The number of sulfonamides is 1. The summed E-state index contributed by atoms with van der Waals surface area (Å²) in [5.41, 5.74) is 1.09. The molecule has 2 rings (SSSR count). The van der Waals surface area contributed by atoms with Gasteiger partial charge in [0.25, 0.3) is 0 Å². The molecule has 1 aliphatic heterocycles. The van der Waals surface area contributed by atoms with Crippen LogP contribution in [-0.2, 0) is 16.4 Å². The summed E-state index contributed by atoms with van der Waals surface area (Å²) in [6.45, 7) is 5.77. The molecule has 1 unspecified atom stereocenters. The molecule has 28 heavy (non-hydrogen) atoms. The molecule has 9 heteroatoms. The van der Waals surface area contributed by atoms with E-state index in [0.29, 0.717) is 32.0 Å². The van der Waals surface area contributed by atoms with Crippen molar-refractivity contribution in [3.63, 3.8) is 0 Å². The van der Waals surface area contributed by atoms with Crippen LogP contribution in [0.3, 0.4) is 0 Å². The van der Waals surface area contributed by atoms with Gasteiger partial charge in [-0.2, -0.15) is 0 Å². The molecule has 0 aromatic heterocycles. The SMILES string of the molecule is CCNC(=NCC(O)Cc1ccccc1)NC1CCN(S(=O)(=O)CC)CC1.I. The maximum Gasteiger partial charge on any atom is 0.213 e. The van der Waals surface area contributed by atoms with Crippen molar-refractivity contribution in [1.29, 1.82) is 0 Å². The van der Waals surface area contributed by atoms with E-state index in [1.165, 1.54) is 0 Å². The molecule has 7 nitrogen and oxygen atoms in total. The average molecular weight is 524 g/mol. The summed E-state index contributed by atoms with van der Waals surface area (Å²) in [5.74, 6) is 0.815. The Morgan fingerprint density at radius 1 is 1.25 bits per heavy atom. The van der Waals surface area contributed by atoms with Crippen molar-refractivity contribution in [2.45, 2.75) is 45.3 Å². The summed E-state index contributed by atoms with van der Waals surface area (Å²) in [4.78, 5) is 4.50. The minimum atomic E-state index is -3.11. The molecule has 0 bridgehead atoms. The Morgan fingerprint density at radius 3 is 2.46 bits per heavy atom. The number of halogens is 1. The highest BCUT2D eigenvalue weighted by atomic mass is 127. The molecular formula is C19H33IN4O3S. The van der Waals surface area contributed by atoms with Gasteiger partial charge >= 0.3 is 0 Å². The van der Waals surface area contributed by atoms with Crippen LogP contribution in [-0.4, -0.2) is 67.9 Å². The normalized spacial score (nSPS) is 17.6. The molecule has 3 N–H and O–H groups in total. The standard InChI is InChI=1S/C19H32N4O3S.HI/c1-3-20-19(21-15-18(24)14-16-8-6-5-7-9-16)22-17-10-12-23(13-11-17)27(25,26)4-2;/h5-9,17-18,24H,3-4,10-15H2,1-2H3,(H2,20,21,22);1H. The van der Waals surface area contributed by atoms with Gasteiger partial charge in [0, 0.05) is 32.1 Å². The summed E-state index contributed by atoms with van der Waals surface area (Å²) < 4.78 is 25.5. The molecule has 0 radical (unpaired) electrons. The minimum Gasteiger partial charge on any atom is -0.391 e. The molecule has 1 aliphatic rings. The fourth-order valence-electron chi connectivity index (χ4n) is 3.12. The highest BCUT2D eigenvalue weighted by Crippen LogP contribution is 2.14. The number of benzene rings is 1. The fraction of sp³-hybridized carbons (Fsp3) is 0.632. The van der Waals surface area contributed by atoms with Crippen molar-refractivity contribution in [2.24, 2.45) is 4.99 Å². The van der Waals surface area contributed by atoms with Gasteiger partial charge in [0.1, 0.15) is 0 Å². The second kappa shape index (κ2) is 12.6. The van der Waals surface area contributed by atoms with E-state index in [1.807, 2.05) is 37.3 Å². The fourth-order valence-corrected chi connectivity index (χ4v) is 4.25. The Balaban J connectivity index is 0.00000392. The quantitative estimate of drug-likeness (QED) is 0.273. The van der Waals surface area contributed by atoms with E-state index in [0.717, 1.165) is 24.9 Å². The van der Waals surface area contributed by atoms with Crippen molar-refractivity contribution in [1.82, 2.24) is 14.9 Å². The topological polar surface area (TPSA) is 94.0 Å². The third-order valence-corrected chi connectivity index (χ3v) is 6.55. The van der Waals surface area contributed by atoms with Crippen molar-refractivity contribution < 1.29 is 13.5 Å². The van der Waals surface area contributed by atoms with E-state index in [9.17, 15) is 13.5 Å². The van der Waals surface area contributed by atoms with Gasteiger partial charge in [-0.3, -0.25) is 4.99 Å². The lowest BCUT2D eigenvalue weighted by Gasteiger charge is -2.32. The van der Waals surface area contributed by atoms with E-state index >= 15 is 0 Å². The van der Waals surface area contributed by atoms with Crippen LogP contribution in [0, 0.1) is 0 Å². The molecule has 1 aromatic carbocycles. The zero-order valence-corrected chi connectivity index (χ0v) is 19.8. The lowest BCUT2D eigenvalue weighted by molar-refractivity contribution is 0.183. The van der Waals surface area contributed by atoms with Gasteiger partial charge in [-0.1, -0.05) is 30.3 Å². The van der Waals surface area contributed by atoms with E-state index in [1.54, 1.807) is 11.2 Å². The number of nitrogens with zero attached hydrogens (tertiary/aromatic N) is 2. The number of hydrogen-bond donors (Lipinski definition) is 3. The van der Waals surface area contributed by atoms with Crippen LogP contribution in [0.1, 0.15) is 32.3 Å². The van der Waals surface area contributed by atoms with Gasteiger partial charge in [-0.25, -0.2) is 12.7 Å². The van der Waals surface area contributed by atoms with Crippen LogP contribution in [0.4, 0.5) is 0 Å². The van der Waals surface area contributed by atoms with Gasteiger partial charge in [-0.15, -0.1) is 24.0 Å². The van der Waals surface area contributed by atoms with Gasteiger partial charge in [0.2, 0.25) is 10.0 Å². The van der Waals surface area contributed by atoms with Crippen LogP contribution >= 0.6 is 24.0 Å². The van der Waals surface area contributed by atoms with Crippen LogP contribution in [0.5, 0.6) is 0 Å². The van der Waals surface area contributed by atoms with Crippen molar-refractivity contribution in [3.05, 3.63) is 35.9 Å². The second-order valence-corrected chi connectivity index (χ2v) is 9.04. The van der Waals surface area contributed by atoms with E-state index in [4.69, 9.17) is 0 Å². The summed E-state index contributed by atoms with van der Waals surface area (Å²) in [5, 5.41) is 16.8. The van der Waals surface area contributed by atoms with E-state index in [2.05, 4.69) is 15.6 Å². The summed E-state index contributed by atoms with van der Waals surface area (Å²) >= 11 is 0. The van der Waals surface area contributed by atoms with Crippen LogP contribution in [0.15, 0.2) is 35.3 Å². The largest absolute Gasteiger partial charge is 0.391 e. The number of rotatable bonds is 8. The van der Waals surface area contributed by atoms with Crippen LogP contribution < -0.4 is 10.6 Å². The summed E-state index contributed by atoms with van der Waals surface area (Å²) in [6, 6.07) is 10.0. The molecule has 1 fully saturated rings. The van der Waals surface area contributed by atoms with Gasteiger partial charge in [-0.05, 0) is 32.3 Å². The van der Waals surface area contributed by atoms with Crippen molar-refractivity contribution >= 4 is 40.0 Å². The van der Waals surface area contributed by atoms with Crippen LogP contribution in [0.25, 0.3) is 0 Å². The molecule has 1 aromatic rings. The zero-order chi connectivity index (χ0) is 19.7. The van der Waals surface area contributed by atoms with E-state index < -0.39 is 16.1 Å². The Kier molecular flexibility index (Phi) is 11.3. The smallest absolute Gasteiger partial charge is 0.213 e. The molecule has 1 heterocycles. The predicted molar refractivity (Wildman–Crippen MR) is 125 cm³/mol. The Bertz CT molecular complexity index is 692. The van der Waals surface area contributed by atoms with Gasteiger partial charge in [0.05, 0.1) is 18.4 Å². The number of piperidine rings is 1. The lowest BCUT2D eigenvalue weighted by atomic mass is 10.1. The average Bonchev–Trinajstić information content (AvgIpc) is 2.67. The first-order chi connectivity index (χ1) is 12.9. The Morgan fingerprint density at radius 2 is 1.89 bits per heavy atom. The number of guanidine groups is 1. The monoisotopic (exact) mass is 524 g/mol. The summed E-state index contributed by atoms with van der Waals surface area (Å²) in [6.07, 6.45) is 1.52. The number of nitrogens with one attached hydrogen (secondary N) is 2.